The summed E-state index contributed by atoms with van der Waals surface area (Å²) in [7, 11) is -1.31. The van der Waals surface area contributed by atoms with Crippen molar-refractivity contribution in [2.45, 2.75) is 25.0 Å². The van der Waals surface area contributed by atoms with Crippen LogP contribution in [0.15, 0.2) is 28.2 Å². The average molecular weight is 296 g/mol. The van der Waals surface area contributed by atoms with Gasteiger partial charge in [-0.25, -0.2) is 8.42 Å². The number of carbonyl (C=O) groups excluding carboxylic acids is 1. The molecule has 2 rings (SSSR count). The molecule has 1 aliphatic heterocycles. The molecule has 0 radical (unpaired) electrons. The lowest BCUT2D eigenvalue weighted by atomic mass is 9.92. The van der Waals surface area contributed by atoms with Gasteiger partial charge in [-0.05, 0) is 31.5 Å². The van der Waals surface area contributed by atoms with Crippen molar-refractivity contribution in [2.24, 2.45) is 11.0 Å². The van der Waals surface area contributed by atoms with Crippen LogP contribution < -0.4 is 0 Å². The Morgan fingerprint density at radius 3 is 2.50 bits per heavy atom. The fourth-order valence-electron chi connectivity index (χ4n) is 2.30. The maximum Gasteiger partial charge on any atom is 0.177 e. The number of Topliss-reactive ketones (excluding diaryl/α,β-unsaturated/α-hetero) is 1. The maximum absolute atomic E-state index is 12.5. The molecule has 1 aromatic rings. The van der Waals surface area contributed by atoms with Crippen molar-refractivity contribution >= 4 is 22.2 Å². The van der Waals surface area contributed by atoms with E-state index >= 15 is 0 Å². The first-order chi connectivity index (χ1) is 9.32. The number of ketones is 1. The van der Waals surface area contributed by atoms with Crippen molar-refractivity contribution in [3.63, 3.8) is 0 Å². The van der Waals surface area contributed by atoms with E-state index in [1.54, 1.807) is 27.0 Å². The Kier molecular flexibility index (Phi) is 3.92. The van der Waals surface area contributed by atoms with E-state index in [2.05, 4.69) is 5.10 Å². The number of benzene rings is 1. The van der Waals surface area contributed by atoms with E-state index in [4.69, 9.17) is 0 Å². The number of hydrazone groups is 1. The minimum Gasteiger partial charge on any atom is -0.371 e. The van der Waals surface area contributed by atoms with Crippen LogP contribution in [0.1, 0.15) is 22.8 Å². The first-order valence-electron chi connectivity index (χ1n) is 6.08. The Labute approximate surface area is 118 Å². The largest absolute Gasteiger partial charge is 0.371 e. The second-order valence-electron chi connectivity index (χ2n) is 4.85. The third-order valence-electron chi connectivity index (χ3n) is 3.34. The Hall–Kier alpha value is -1.73. The van der Waals surface area contributed by atoms with E-state index in [0.29, 0.717) is 5.71 Å². The second-order valence-corrected chi connectivity index (χ2v) is 5.84. The van der Waals surface area contributed by atoms with E-state index in [9.17, 15) is 18.3 Å². The molecule has 108 valence electrons. The highest BCUT2D eigenvalue weighted by Crippen LogP contribution is 2.25. The Morgan fingerprint density at radius 1 is 1.35 bits per heavy atom. The predicted molar refractivity (Wildman–Crippen MR) is 74.5 cm³/mol. The number of thiol groups is 1. The number of carbonyl (C=O) groups is 1. The summed E-state index contributed by atoms with van der Waals surface area (Å²) in [6, 6.07) is 4.61. The third kappa shape index (κ3) is 2.46. The molecule has 0 aromatic heterocycles. The average Bonchev–Trinajstić information content (AvgIpc) is 2.62. The van der Waals surface area contributed by atoms with Crippen molar-refractivity contribution in [2.75, 3.05) is 7.05 Å². The fraction of sp³-hybridized carbons (Fsp3) is 0.385. The first-order valence-corrected chi connectivity index (χ1v) is 7.26. The number of rotatable bonds is 3. The SMILES string of the molecule is CC1=NN(C)C(O)C1C(=O)c1ccc(C)cc1[SH](=O)=O. The Balaban J connectivity index is 2.47. The monoisotopic (exact) mass is 296 g/mol. The summed E-state index contributed by atoms with van der Waals surface area (Å²) in [5.41, 5.74) is 1.32. The zero-order valence-electron chi connectivity index (χ0n) is 11.4. The summed E-state index contributed by atoms with van der Waals surface area (Å²) in [4.78, 5) is 12.5. The number of hydrogen-bond donors (Lipinski definition) is 2. The summed E-state index contributed by atoms with van der Waals surface area (Å²) in [5, 5.41) is 15.3. The third-order valence-corrected chi connectivity index (χ3v) is 4.11. The molecule has 1 aliphatic rings. The highest BCUT2D eigenvalue weighted by Gasteiger charge is 2.38. The molecular formula is C13H16N2O4S. The van der Waals surface area contributed by atoms with Crippen LogP contribution in [-0.4, -0.2) is 43.3 Å². The van der Waals surface area contributed by atoms with E-state index in [0.717, 1.165) is 5.56 Å². The molecule has 20 heavy (non-hydrogen) atoms. The van der Waals surface area contributed by atoms with Crippen LogP contribution in [0.25, 0.3) is 0 Å². The fourth-order valence-corrected chi connectivity index (χ4v) is 2.99. The van der Waals surface area contributed by atoms with Crippen LogP contribution in [0.3, 0.4) is 0 Å². The topological polar surface area (TPSA) is 87.0 Å². The van der Waals surface area contributed by atoms with Crippen LogP contribution in [0, 0.1) is 12.8 Å². The molecule has 1 heterocycles. The molecule has 6 nitrogen and oxygen atoms in total. The molecule has 2 atom stereocenters. The van der Waals surface area contributed by atoms with Gasteiger partial charge in [0.2, 0.25) is 0 Å². The number of hydrogen-bond acceptors (Lipinski definition) is 6. The lowest BCUT2D eigenvalue weighted by molar-refractivity contribution is 0.0164. The van der Waals surface area contributed by atoms with Crippen LogP contribution in [-0.2, 0) is 10.7 Å². The summed E-state index contributed by atoms with van der Waals surface area (Å²) < 4.78 is 22.6. The van der Waals surface area contributed by atoms with E-state index in [1.807, 2.05) is 0 Å². The highest BCUT2D eigenvalue weighted by atomic mass is 32.2. The quantitative estimate of drug-likeness (QED) is 0.623. The molecule has 0 saturated heterocycles. The second kappa shape index (κ2) is 5.34. The van der Waals surface area contributed by atoms with Crippen molar-refractivity contribution < 1.29 is 18.3 Å². The number of aliphatic hydroxyl groups is 1. The van der Waals surface area contributed by atoms with E-state index < -0.39 is 28.6 Å². The van der Waals surface area contributed by atoms with Crippen LogP contribution in [0.4, 0.5) is 0 Å². The number of aliphatic hydroxyl groups excluding tert-OH is 1. The van der Waals surface area contributed by atoms with Gasteiger partial charge in [-0.1, -0.05) is 6.07 Å². The van der Waals surface area contributed by atoms with E-state index in [1.165, 1.54) is 17.1 Å². The molecule has 2 unspecified atom stereocenters. The Morgan fingerprint density at radius 2 is 2.00 bits per heavy atom. The summed E-state index contributed by atoms with van der Waals surface area (Å²) in [6.07, 6.45) is -1.07. The maximum atomic E-state index is 12.5. The smallest absolute Gasteiger partial charge is 0.177 e. The van der Waals surface area contributed by atoms with E-state index in [-0.39, 0.29) is 10.5 Å². The van der Waals surface area contributed by atoms with Crippen LogP contribution >= 0.6 is 0 Å². The van der Waals surface area contributed by atoms with Crippen molar-refractivity contribution in [3.05, 3.63) is 29.3 Å². The first kappa shape index (κ1) is 14.7. The highest BCUT2D eigenvalue weighted by molar-refractivity contribution is 7.72. The molecule has 7 heteroatoms. The molecule has 1 N–H and O–H groups in total. The van der Waals surface area contributed by atoms with Gasteiger partial charge in [0.15, 0.2) is 22.7 Å². The zero-order valence-corrected chi connectivity index (χ0v) is 12.3. The van der Waals surface area contributed by atoms with Gasteiger partial charge in [0.05, 0.1) is 10.6 Å². The van der Waals surface area contributed by atoms with Gasteiger partial charge in [0, 0.05) is 12.6 Å². The van der Waals surface area contributed by atoms with Gasteiger partial charge >= 0.3 is 0 Å². The molecule has 0 amide bonds. The van der Waals surface area contributed by atoms with Crippen molar-refractivity contribution in [3.8, 4) is 0 Å². The molecule has 1 aromatic carbocycles. The van der Waals surface area contributed by atoms with Gasteiger partial charge in [-0.2, -0.15) is 5.10 Å². The van der Waals surface area contributed by atoms with Crippen LogP contribution in [0.2, 0.25) is 0 Å². The zero-order chi connectivity index (χ0) is 15.0. The lowest BCUT2D eigenvalue weighted by Gasteiger charge is -2.19. The van der Waals surface area contributed by atoms with Gasteiger partial charge in [0.25, 0.3) is 0 Å². The molecular weight excluding hydrogens is 280 g/mol. The minimum atomic E-state index is -2.87. The normalized spacial score (nSPS) is 22.2. The Bertz CT molecular complexity index is 658. The molecule has 0 saturated carbocycles. The summed E-state index contributed by atoms with van der Waals surface area (Å²) in [5.74, 6) is -1.27. The van der Waals surface area contributed by atoms with Gasteiger partial charge in [0.1, 0.15) is 5.92 Å². The van der Waals surface area contributed by atoms with Gasteiger partial charge in [-0.3, -0.25) is 9.80 Å². The van der Waals surface area contributed by atoms with Gasteiger partial charge < -0.3 is 5.11 Å². The standard InChI is InChI=1S/C13H16N2O4S/c1-7-4-5-9(10(6-7)20(18)19)12(16)11-8(2)14-15(3)13(11)17/h4-6,11,13,17,20H,1-3H3. The summed E-state index contributed by atoms with van der Waals surface area (Å²) >= 11 is 0. The predicted octanol–water partition coefficient (Wildman–Crippen LogP) is 0.404. The summed E-state index contributed by atoms with van der Waals surface area (Å²) in [6.45, 7) is 3.39. The molecule has 0 fully saturated rings. The number of aryl methyl sites for hydroxylation is 1. The lowest BCUT2D eigenvalue weighted by Crippen LogP contribution is -2.36. The number of nitrogens with zero attached hydrogens (tertiary/aromatic N) is 2. The molecule has 0 bridgehead atoms. The molecule has 0 spiro atoms. The van der Waals surface area contributed by atoms with Crippen LogP contribution in [0.5, 0.6) is 0 Å². The van der Waals surface area contributed by atoms with Gasteiger partial charge in [-0.15, -0.1) is 0 Å². The minimum absolute atomic E-state index is 0.0143. The molecule has 0 aliphatic carbocycles. The van der Waals surface area contributed by atoms with Crippen molar-refractivity contribution in [1.29, 1.82) is 0 Å². The van der Waals surface area contributed by atoms with Crippen molar-refractivity contribution in [1.82, 2.24) is 5.01 Å².